The molecule has 1 aliphatic rings. The summed E-state index contributed by atoms with van der Waals surface area (Å²) in [5, 5.41) is 2.52. The molecule has 0 radical (unpaired) electrons. The lowest BCUT2D eigenvalue weighted by atomic mass is 9.79. The summed E-state index contributed by atoms with van der Waals surface area (Å²) in [6, 6.07) is 6.08. The Kier molecular flexibility index (Phi) is 5.31. The average molecular weight is 294 g/mol. The van der Waals surface area contributed by atoms with Crippen LogP contribution in [0.2, 0.25) is 0 Å². The van der Waals surface area contributed by atoms with Gasteiger partial charge in [0, 0.05) is 6.54 Å². The highest BCUT2D eigenvalue weighted by Crippen LogP contribution is 2.34. The molecule has 2 unspecified atom stereocenters. The molecule has 0 heterocycles. The van der Waals surface area contributed by atoms with Crippen LogP contribution < -0.4 is 11.1 Å². The number of ether oxygens (including phenoxy) is 1. The van der Waals surface area contributed by atoms with Crippen LogP contribution in [0.4, 0.5) is 10.1 Å². The summed E-state index contributed by atoms with van der Waals surface area (Å²) in [4.78, 5) is 11.9. The van der Waals surface area contributed by atoms with E-state index in [4.69, 9.17) is 10.5 Å². The zero-order valence-corrected chi connectivity index (χ0v) is 12.4. The number of rotatable bonds is 5. The third-order valence-electron chi connectivity index (χ3n) is 4.08. The Morgan fingerprint density at radius 2 is 2.29 bits per heavy atom. The van der Waals surface area contributed by atoms with Crippen molar-refractivity contribution in [2.75, 3.05) is 18.5 Å². The second-order valence-corrected chi connectivity index (χ2v) is 5.91. The van der Waals surface area contributed by atoms with Crippen molar-refractivity contribution in [2.24, 2.45) is 11.7 Å². The van der Waals surface area contributed by atoms with Crippen LogP contribution in [0.15, 0.2) is 24.3 Å². The normalized spacial score (nSPS) is 25.6. The van der Waals surface area contributed by atoms with Gasteiger partial charge in [-0.1, -0.05) is 31.9 Å². The van der Waals surface area contributed by atoms with Gasteiger partial charge in [0.1, 0.15) is 12.4 Å². The standard InChI is InChI=1S/C16H23FN2O2/c1-12-5-4-8-16(9-12,11-18)21-10-15(20)19-14-7-3-2-6-13(14)17/h2-3,6-7,12H,4-5,8-11,18H2,1H3,(H,19,20). The van der Waals surface area contributed by atoms with Gasteiger partial charge >= 0.3 is 0 Å². The monoisotopic (exact) mass is 294 g/mol. The molecular weight excluding hydrogens is 271 g/mol. The molecule has 0 aliphatic heterocycles. The zero-order chi connectivity index (χ0) is 15.3. The minimum atomic E-state index is -0.453. The number of anilines is 1. The van der Waals surface area contributed by atoms with Crippen molar-refractivity contribution in [3.8, 4) is 0 Å². The van der Waals surface area contributed by atoms with Gasteiger partial charge in [-0.25, -0.2) is 4.39 Å². The van der Waals surface area contributed by atoms with Crippen molar-refractivity contribution < 1.29 is 13.9 Å². The largest absolute Gasteiger partial charge is 0.364 e. The van der Waals surface area contributed by atoms with E-state index in [0.29, 0.717) is 12.5 Å². The molecule has 0 aromatic heterocycles. The Labute approximate surface area is 124 Å². The second kappa shape index (κ2) is 7.00. The van der Waals surface area contributed by atoms with Gasteiger partial charge in [0.05, 0.1) is 11.3 Å². The quantitative estimate of drug-likeness (QED) is 0.877. The number of amides is 1. The number of hydrogen-bond acceptors (Lipinski definition) is 3. The van der Waals surface area contributed by atoms with E-state index in [2.05, 4.69) is 12.2 Å². The van der Waals surface area contributed by atoms with Crippen LogP contribution in [-0.2, 0) is 9.53 Å². The lowest BCUT2D eigenvalue weighted by Gasteiger charge is -2.38. The first-order valence-corrected chi connectivity index (χ1v) is 7.43. The van der Waals surface area contributed by atoms with E-state index >= 15 is 0 Å². The first-order chi connectivity index (χ1) is 10.0. The fourth-order valence-electron chi connectivity index (χ4n) is 2.95. The van der Waals surface area contributed by atoms with Gasteiger partial charge in [-0.3, -0.25) is 4.79 Å². The van der Waals surface area contributed by atoms with Crippen molar-refractivity contribution in [3.05, 3.63) is 30.1 Å². The first-order valence-electron chi connectivity index (χ1n) is 7.43. The maximum atomic E-state index is 13.5. The SMILES string of the molecule is CC1CCCC(CN)(OCC(=O)Nc2ccccc2F)C1. The Morgan fingerprint density at radius 1 is 1.52 bits per heavy atom. The molecule has 4 nitrogen and oxygen atoms in total. The minimum absolute atomic E-state index is 0.0990. The Bertz CT molecular complexity index is 495. The van der Waals surface area contributed by atoms with Crippen LogP contribution in [0.3, 0.4) is 0 Å². The van der Waals surface area contributed by atoms with Crippen LogP contribution in [0.1, 0.15) is 32.6 Å². The maximum Gasteiger partial charge on any atom is 0.250 e. The third kappa shape index (κ3) is 4.25. The number of hydrogen-bond donors (Lipinski definition) is 2. The summed E-state index contributed by atoms with van der Waals surface area (Å²) in [7, 11) is 0. The van der Waals surface area contributed by atoms with E-state index < -0.39 is 11.4 Å². The summed E-state index contributed by atoms with van der Waals surface area (Å²) in [5.74, 6) is -0.256. The summed E-state index contributed by atoms with van der Waals surface area (Å²) >= 11 is 0. The number of nitrogens with two attached hydrogens (primary N) is 1. The molecular formula is C16H23FN2O2. The van der Waals surface area contributed by atoms with Crippen molar-refractivity contribution >= 4 is 11.6 Å². The smallest absolute Gasteiger partial charge is 0.250 e. The lowest BCUT2D eigenvalue weighted by molar-refractivity contribution is -0.131. The van der Waals surface area contributed by atoms with Gasteiger partial charge in [-0.05, 0) is 30.9 Å². The maximum absolute atomic E-state index is 13.5. The molecule has 2 atom stereocenters. The van der Waals surface area contributed by atoms with E-state index in [1.54, 1.807) is 12.1 Å². The van der Waals surface area contributed by atoms with Gasteiger partial charge in [0.25, 0.3) is 0 Å². The summed E-state index contributed by atoms with van der Waals surface area (Å²) in [6.45, 7) is 2.48. The first kappa shape index (κ1) is 15.9. The molecule has 0 bridgehead atoms. The average Bonchev–Trinajstić information content (AvgIpc) is 2.48. The zero-order valence-electron chi connectivity index (χ0n) is 12.4. The number of para-hydroxylation sites is 1. The van der Waals surface area contributed by atoms with Gasteiger partial charge in [-0.15, -0.1) is 0 Å². The van der Waals surface area contributed by atoms with Gasteiger partial charge in [0.15, 0.2) is 0 Å². The predicted octanol–water partition coefficient (Wildman–Crippen LogP) is 2.69. The van der Waals surface area contributed by atoms with Crippen LogP contribution in [-0.4, -0.2) is 24.7 Å². The van der Waals surface area contributed by atoms with Crippen molar-refractivity contribution in [1.29, 1.82) is 0 Å². The van der Waals surface area contributed by atoms with Crippen molar-refractivity contribution in [1.82, 2.24) is 0 Å². The molecule has 2 rings (SSSR count). The fraction of sp³-hybridized carbons (Fsp3) is 0.562. The fourth-order valence-corrected chi connectivity index (χ4v) is 2.95. The molecule has 3 N–H and O–H groups in total. The van der Waals surface area contributed by atoms with E-state index in [9.17, 15) is 9.18 Å². The topological polar surface area (TPSA) is 64.3 Å². The van der Waals surface area contributed by atoms with Gasteiger partial charge < -0.3 is 15.8 Å². The van der Waals surface area contributed by atoms with E-state index in [-0.39, 0.29) is 18.2 Å². The molecule has 1 amide bonds. The van der Waals surface area contributed by atoms with Crippen molar-refractivity contribution in [3.63, 3.8) is 0 Å². The predicted molar refractivity (Wildman–Crippen MR) is 80.4 cm³/mol. The minimum Gasteiger partial charge on any atom is -0.364 e. The van der Waals surface area contributed by atoms with Crippen molar-refractivity contribution in [2.45, 2.75) is 38.2 Å². The molecule has 1 fully saturated rings. The Morgan fingerprint density at radius 3 is 2.95 bits per heavy atom. The van der Waals surface area contributed by atoms with E-state index in [1.165, 1.54) is 18.6 Å². The number of halogens is 1. The van der Waals surface area contributed by atoms with Gasteiger partial charge in [0.2, 0.25) is 5.91 Å². The second-order valence-electron chi connectivity index (χ2n) is 5.91. The summed E-state index contributed by atoms with van der Waals surface area (Å²) < 4.78 is 19.3. The highest BCUT2D eigenvalue weighted by Gasteiger charge is 2.35. The number of carbonyl (C=O) groups is 1. The van der Waals surface area contributed by atoms with E-state index in [0.717, 1.165) is 19.3 Å². The van der Waals surface area contributed by atoms with Crippen LogP contribution >= 0.6 is 0 Å². The molecule has 0 spiro atoms. The highest BCUT2D eigenvalue weighted by molar-refractivity contribution is 5.91. The molecule has 5 heteroatoms. The number of carbonyl (C=O) groups excluding carboxylic acids is 1. The highest BCUT2D eigenvalue weighted by atomic mass is 19.1. The lowest BCUT2D eigenvalue weighted by Crippen LogP contribution is -2.46. The number of nitrogens with one attached hydrogen (secondary N) is 1. The molecule has 1 aromatic rings. The number of benzene rings is 1. The molecule has 21 heavy (non-hydrogen) atoms. The van der Waals surface area contributed by atoms with Crippen LogP contribution in [0.5, 0.6) is 0 Å². The van der Waals surface area contributed by atoms with Crippen LogP contribution in [0, 0.1) is 11.7 Å². The molecule has 0 saturated heterocycles. The molecule has 1 aliphatic carbocycles. The van der Waals surface area contributed by atoms with E-state index in [1.807, 2.05) is 0 Å². The summed E-state index contributed by atoms with van der Waals surface area (Å²) in [6.07, 6.45) is 3.98. The third-order valence-corrected chi connectivity index (χ3v) is 4.08. The van der Waals surface area contributed by atoms with Gasteiger partial charge in [-0.2, -0.15) is 0 Å². The molecule has 1 aromatic carbocycles. The molecule has 1 saturated carbocycles. The summed E-state index contributed by atoms with van der Waals surface area (Å²) in [5.41, 5.74) is 5.61. The molecule has 116 valence electrons. The Hall–Kier alpha value is -1.46. The Balaban J connectivity index is 1.89. The van der Waals surface area contributed by atoms with Crippen LogP contribution in [0.25, 0.3) is 0 Å².